The number of carbonyl (C=O) groups excluding carboxylic acids is 1. The molecule has 144 valence electrons. The minimum atomic E-state index is 0.454. The molecule has 1 aromatic carbocycles. The van der Waals surface area contributed by atoms with Gasteiger partial charge in [0, 0.05) is 42.8 Å². The van der Waals surface area contributed by atoms with E-state index in [0.717, 1.165) is 54.0 Å². The van der Waals surface area contributed by atoms with Gasteiger partial charge in [0.2, 0.25) is 6.41 Å². The fourth-order valence-corrected chi connectivity index (χ4v) is 3.11. The first-order chi connectivity index (χ1) is 13.7. The van der Waals surface area contributed by atoms with Crippen LogP contribution in [-0.4, -0.2) is 42.3 Å². The van der Waals surface area contributed by atoms with Gasteiger partial charge in [0.1, 0.15) is 0 Å². The van der Waals surface area contributed by atoms with E-state index in [4.69, 9.17) is 5.41 Å². The van der Waals surface area contributed by atoms with Crippen molar-refractivity contribution in [3.8, 4) is 0 Å². The third-order valence-electron chi connectivity index (χ3n) is 4.63. The number of hydrogen-bond acceptors (Lipinski definition) is 6. The summed E-state index contributed by atoms with van der Waals surface area (Å²) in [5, 5.41) is 13.9. The molecule has 2 heterocycles. The number of rotatable bonds is 6. The summed E-state index contributed by atoms with van der Waals surface area (Å²) in [7, 11) is 1.82. The molecule has 0 amide bonds. The van der Waals surface area contributed by atoms with Gasteiger partial charge in [0.25, 0.3) is 0 Å². The molecule has 7 heteroatoms. The summed E-state index contributed by atoms with van der Waals surface area (Å²) in [5.74, 6) is 0. The molecule has 1 aliphatic rings. The van der Waals surface area contributed by atoms with Crippen LogP contribution in [-0.2, 0) is 4.79 Å². The SMILES string of the molecule is C/C=C(\N=c1cnc(C2=CCNCC2)cn1C=O)c1ccc(NC)c(C=N)c1. The first-order valence-corrected chi connectivity index (χ1v) is 9.17. The number of carbonyl (C=O) groups is 1. The Morgan fingerprint density at radius 1 is 1.43 bits per heavy atom. The molecule has 0 unspecified atom stereocenters. The standard InChI is InChI=1S/C21H24N6O/c1-3-18(16-4-5-19(23-2)17(10-16)11-22)26-21-12-25-20(13-27(21)14-28)15-6-8-24-9-7-15/h3-6,10-14,22-24H,7-9H2,1-2H3/b18-3-,22-11?,26-21?. The molecule has 0 saturated carbocycles. The maximum Gasteiger partial charge on any atom is 0.219 e. The fraction of sp³-hybridized carbons (Fsp3) is 0.238. The number of allylic oxidation sites excluding steroid dienone is 1. The van der Waals surface area contributed by atoms with E-state index in [1.165, 1.54) is 10.8 Å². The lowest BCUT2D eigenvalue weighted by molar-refractivity contribution is 0.544. The van der Waals surface area contributed by atoms with Crippen LogP contribution in [0.4, 0.5) is 5.69 Å². The van der Waals surface area contributed by atoms with Gasteiger partial charge in [-0.05, 0) is 37.6 Å². The maximum absolute atomic E-state index is 11.6. The highest BCUT2D eigenvalue weighted by Gasteiger charge is 2.09. The molecule has 1 aromatic heterocycles. The third-order valence-corrected chi connectivity index (χ3v) is 4.63. The normalized spacial score (nSPS) is 15.1. The molecule has 0 fully saturated rings. The molecule has 3 rings (SSSR count). The van der Waals surface area contributed by atoms with Gasteiger partial charge in [-0.3, -0.25) is 14.3 Å². The van der Waals surface area contributed by atoms with Crippen molar-refractivity contribution in [1.82, 2.24) is 14.9 Å². The lowest BCUT2D eigenvalue weighted by Crippen LogP contribution is -2.24. The topological polar surface area (TPSA) is 95.2 Å². The molecule has 7 nitrogen and oxygen atoms in total. The maximum atomic E-state index is 11.6. The zero-order valence-electron chi connectivity index (χ0n) is 16.1. The molecule has 0 radical (unpaired) electrons. The van der Waals surface area contributed by atoms with Crippen molar-refractivity contribution < 1.29 is 4.79 Å². The van der Waals surface area contributed by atoms with E-state index in [0.29, 0.717) is 11.2 Å². The summed E-state index contributed by atoms with van der Waals surface area (Å²) in [6.45, 7) is 3.61. The molecule has 0 spiro atoms. The van der Waals surface area contributed by atoms with Crippen molar-refractivity contribution >= 4 is 29.6 Å². The van der Waals surface area contributed by atoms with E-state index in [9.17, 15) is 4.79 Å². The number of nitrogens with zero attached hydrogens (tertiary/aromatic N) is 3. The van der Waals surface area contributed by atoms with Crippen LogP contribution in [0.25, 0.3) is 11.3 Å². The van der Waals surface area contributed by atoms with Gasteiger partial charge in [0.15, 0.2) is 5.49 Å². The highest BCUT2D eigenvalue weighted by molar-refractivity contribution is 5.87. The van der Waals surface area contributed by atoms with E-state index in [1.807, 2.05) is 38.2 Å². The smallest absolute Gasteiger partial charge is 0.219 e. The van der Waals surface area contributed by atoms with Gasteiger partial charge in [-0.2, -0.15) is 0 Å². The molecule has 0 saturated heterocycles. The lowest BCUT2D eigenvalue weighted by Gasteiger charge is -2.14. The summed E-state index contributed by atoms with van der Waals surface area (Å²) in [4.78, 5) is 20.8. The second kappa shape index (κ2) is 9.05. The zero-order valence-corrected chi connectivity index (χ0v) is 16.1. The second-order valence-electron chi connectivity index (χ2n) is 6.31. The molecule has 3 N–H and O–H groups in total. The third kappa shape index (κ3) is 4.15. The van der Waals surface area contributed by atoms with Crippen molar-refractivity contribution in [3.63, 3.8) is 0 Å². The van der Waals surface area contributed by atoms with Gasteiger partial charge in [-0.15, -0.1) is 0 Å². The minimum absolute atomic E-state index is 0.454. The average Bonchev–Trinajstić information content (AvgIpc) is 2.77. The van der Waals surface area contributed by atoms with Crippen LogP contribution in [0.3, 0.4) is 0 Å². The highest BCUT2D eigenvalue weighted by atomic mass is 16.1. The monoisotopic (exact) mass is 376 g/mol. The number of nitrogens with one attached hydrogen (secondary N) is 3. The zero-order chi connectivity index (χ0) is 19.9. The Labute approximate surface area is 164 Å². The molecular formula is C21H24N6O. The van der Waals surface area contributed by atoms with Gasteiger partial charge in [0.05, 0.1) is 17.6 Å². The summed E-state index contributed by atoms with van der Waals surface area (Å²) < 4.78 is 1.45. The highest BCUT2D eigenvalue weighted by Crippen LogP contribution is 2.22. The Morgan fingerprint density at radius 3 is 2.93 bits per heavy atom. The molecular weight excluding hydrogens is 352 g/mol. The summed E-state index contributed by atoms with van der Waals surface area (Å²) >= 11 is 0. The molecule has 28 heavy (non-hydrogen) atoms. The van der Waals surface area contributed by atoms with Crippen LogP contribution < -0.4 is 16.1 Å². The number of benzene rings is 1. The molecule has 0 atom stereocenters. The Morgan fingerprint density at radius 2 is 2.29 bits per heavy atom. The fourth-order valence-electron chi connectivity index (χ4n) is 3.11. The van der Waals surface area contributed by atoms with Crippen molar-refractivity contribution in [1.29, 1.82) is 5.41 Å². The molecule has 0 aliphatic carbocycles. The van der Waals surface area contributed by atoms with Crippen molar-refractivity contribution in [2.24, 2.45) is 4.99 Å². The van der Waals surface area contributed by atoms with Crippen molar-refractivity contribution in [2.75, 3.05) is 25.5 Å². The summed E-state index contributed by atoms with van der Waals surface area (Å²) in [6.07, 6.45) is 10.2. The average molecular weight is 376 g/mol. The first kappa shape index (κ1) is 19.4. The number of aromatic nitrogens is 2. The van der Waals surface area contributed by atoms with Crippen LogP contribution in [0.2, 0.25) is 0 Å². The van der Waals surface area contributed by atoms with Crippen LogP contribution in [0.1, 0.15) is 30.2 Å². The van der Waals surface area contributed by atoms with E-state index < -0.39 is 0 Å². The van der Waals surface area contributed by atoms with Gasteiger partial charge < -0.3 is 16.0 Å². The predicted octanol–water partition coefficient (Wildman–Crippen LogP) is 2.30. The van der Waals surface area contributed by atoms with Crippen LogP contribution >= 0.6 is 0 Å². The largest absolute Gasteiger partial charge is 0.388 e. The van der Waals surface area contributed by atoms with Crippen LogP contribution in [0.15, 0.2) is 47.7 Å². The van der Waals surface area contributed by atoms with E-state index in [1.54, 1.807) is 12.4 Å². The Balaban J connectivity index is 2.02. The van der Waals surface area contributed by atoms with E-state index in [-0.39, 0.29) is 0 Å². The predicted molar refractivity (Wildman–Crippen MR) is 113 cm³/mol. The molecule has 1 aliphatic heterocycles. The Bertz CT molecular complexity index is 1020. The van der Waals surface area contributed by atoms with E-state index >= 15 is 0 Å². The van der Waals surface area contributed by atoms with E-state index in [2.05, 4.69) is 26.7 Å². The van der Waals surface area contributed by atoms with Crippen molar-refractivity contribution in [2.45, 2.75) is 13.3 Å². The van der Waals surface area contributed by atoms with Crippen LogP contribution in [0.5, 0.6) is 0 Å². The number of hydrogen-bond donors (Lipinski definition) is 3. The van der Waals surface area contributed by atoms with Gasteiger partial charge in [-0.25, -0.2) is 4.99 Å². The van der Waals surface area contributed by atoms with Crippen LogP contribution in [0, 0.1) is 5.41 Å². The summed E-state index contributed by atoms with van der Waals surface area (Å²) in [5.41, 5.74) is 5.59. The molecule has 0 bridgehead atoms. The second-order valence-corrected chi connectivity index (χ2v) is 6.31. The Hall–Kier alpha value is -3.32. The summed E-state index contributed by atoms with van der Waals surface area (Å²) in [6, 6.07) is 5.74. The van der Waals surface area contributed by atoms with Crippen molar-refractivity contribution in [3.05, 3.63) is 65.1 Å². The Kier molecular flexibility index (Phi) is 6.29. The minimum Gasteiger partial charge on any atom is -0.388 e. The quantitative estimate of drug-likeness (QED) is 0.532. The molecule has 2 aromatic rings. The first-order valence-electron chi connectivity index (χ1n) is 9.17. The lowest BCUT2D eigenvalue weighted by atomic mass is 10.1. The number of anilines is 1. The van der Waals surface area contributed by atoms with Gasteiger partial charge in [-0.1, -0.05) is 18.2 Å². The van der Waals surface area contributed by atoms with Gasteiger partial charge >= 0.3 is 0 Å².